The summed E-state index contributed by atoms with van der Waals surface area (Å²) in [4.78, 5) is 24.0. The maximum Gasteiger partial charge on any atom is 0.393 e. The lowest BCUT2D eigenvalue weighted by atomic mass is 9.98. The van der Waals surface area contributed by atoms with E-state index in [1.165, 1.54) is 11.8 Å². The van der Waals surface area contributed by atoms with Crippen molar-refractivity contribution in [3.63, 3.8) is 0 Å². The first kappa shape index (κ1) is 17.9. The standard InChI is InChI=1S/C12H19F3N2O3S/c1-21-6-4-9(10(18)19)16-11(20)17-5-2-3-8(7-17)12(13,14)15/h8-9H,2-7H2,1H3,(H,16,20)(H,18,19). The zero-order valence-electron chi connectivity index (χ0n) is 11.7. The van der Waals surface area contributed by atoms with Crippen molar-refractivity contribution >= 4 is 23.8 Å². The molecule has 1 rings (SSSR count). The summed E-state index contributed by atoms with van der Waals surface area (Å²) >= 11 is 1.44. The highest BCUT2D eigenvalue weighted by Crippen LogP contribution is 2.33. The normalized spacial score (nSPS) is 21.0. The molecule has 0 radical (unpaired) electrons. The second-order valence-corrected chi connectivity index (χ2v) is 5.93. The van der Waals surface area contributed by atoms with Gasteiger partial charge in [0.25, 0.3) is 0 Å². The lowest BCUT2D eigenvalue weighted by Gasteiger charge is -2.34. The molecule has 1 aliphatic rings. The minimum Gasteiger partial charge on any atom is -0.480 e. The molecule has 0 aromatic carbocycles. The average molecular weight is 328 g/mol. The SMILES string of the molecule is CSCCC(NC(=O)N1CCCC(C(F)(F)F)C1)C(=O)O. The summed E-state index contributed by atoms with van der Waals surface area (Å²) in [5.41, 5.74) is 0. The van der Waals surface area contributed by atoms with Crippen LogP contribution in [0.25, 0.3) is 0 Å². The molecule has 0 aromatic rings. The van der Waals surface area contributed by atoms with Crippen LogP contribution < -0.4 is 5.32 Å². The van der Waals surface area contributed by atoms with Crippen LogP contribution in [-0.4, -0.2) is 59.3 Å². The maximum atomic E-state index is 12.7. The van der Waals surface area contributed by atoms with Gasteiger partial charge in [0.1, 0.15) is 6.04 Å². The van der Waals surface area contributed by atoms with Gasteiger partial charge < -0.3 is 15.3 Å². The van der Waals surface area contributed by atoms with Gasteiger partial charge in [0.05, 0.1) is 5.92 Å². The number of amides is 2. The second kappa shape index (κ2) is 7.77. The molecule has 1 saturated heterocycles. The van der Waals surface area contributed by atoms with Crippen molar-refractivity contribution in [1.82, 2.24) is 10.2 Å². The quantitative estimate of drug-likeness (QED) is 0.811. The van der Waals surface area contributed by atoms with Gasteiger partial charge in [-0.25, -0.2) is 9.59 Å². The molecule has 2 N–H and O–H groups in total. The molecule has 21 heavy (non-hydrogen) atoms. The van der Waals surface area contributed by atoms with E-state index in [9.17, 15) is 22.8 Å². The smallest absolute Gasteiger partial charge is 0.393 e. The highest BCUT2D eigenvalue weighted by atomic mass is 32.2. The first-order valence-corrected chi connectivity index (χ1v) is 7.99. The summed E-state index contributed by atoms with van der Waals surface area (Å²) in [6.45, 7) is -0.197. The number of carbonyl (C=O) groups excluding carboxylic acids is 1. The van der Waals surface area contributed by atoms with Crippen LogP contribution in [0.1, 0.15) is 19.3 Å². The fourth-order valence-corrected chi connectivity index (χ4v) is 2.63. The number of nitrogens with one attached hydrogen (secondary N) is 1. The zero-order valence-corrected chi connectivity index (χ0v) is 12.5. The number of rotatable bonds is 5. The van der Waals surface area contributed by atoms with Crippen LogP contribution in [0.15, 0.2) is 0 Å². The number of carboxylic acids is 1. The zero-order chi connectivity index (χ0) is 16.0. The minimum atomic E-state index is -4.33. The summed E-state index contributed by atoms with van der Waals surface area (Å²) in [6.07, 6.45) is -2.02. The number of nitrogens with zero attached hydrogens (tertiary/aromatic N) is 1. The van der Waals surface area contributed by atoms with Crippen molar-refractivity contribution in [2.75, 3.05) is 25.1 Å². The topological polar surface area (TPSA) is 69.6 Å². The monoisotopic (exact) mass is 328 g/mol. The van der Waals surface area contributed by atoms with Crippen molar-refractivity contribution in [1.29, 1.82) is 0 Å². The average Bonchev–Trinajstić information content (AvgIpc) is 2.42. The van der Waals surface area contributed by atoms with Gasteiger partial charge in [-0.1, -0.05) is 0 Å². The number of aliphatic carboxylic acids is 1. The third-order valence-electron chi connectivity index (χ3n) is 3.38. The van der Waals surface area contributed by atoms with Gasteiger partial charge in [-0.15, -0.1) is 0 Å². The first-order chi connectivity index (χ1) is 9.75. The fourth-order valence-electron chi connectivity index (χ4n) is 2.16. The van der Waals surface area contributed by atoms with Crippen LogP contribution >= 0.6 is 11.8 Å². The number of carbonyl (C=O) groups is 2. The highest BCUT2D eigenvalue weighted by Gasteiger charge is 2.42. The number of hydrogen-bond acceptors (Lipinski definition) is 3. The Kier molecular flexibility index (Phi) is 6.63. The summed E-state index contributed by atoms with van der Waals surface area (Å²) in [6, 6.07) is -1.81. The number of halogens is 3. The molecule has 2 atom stereocenters. The molecule has 9 heteroatoms. The highest BCUT2D eigenvalue weighted by molar-refractivity contribution is 7.98. The molecule has 2 amide bonds. The molecule has 1 heterocycles. The molecule has 0 saturated carbocycles. The van der Waals surface area contributed by atoms with Crippen molar-refractivity contribution < 1.29 is 27.9 Å². The molecule has 0 spiro atoms. The number of likely N-dealkylation sites (tertiary alicyclic amines) is 1. The number of alkyl halides is 3. The summed E-state index contributed by atoms with van der Waals surface area (Å²) in [7, 11) is 0. The van der Waals surface area contributed by atoms with Crippen LogP contribution in [0.4, 0.5) is 18.0 Å². The fraction of sp³-hybridized carbons (Fsp3) is 0.833. The van der Waals surface area contributed by atoms with E-state index >= 15 is 0 Å². The minimum absolute atomic E-state index is 0.00210. The Labute approximate surface area is 125 Å². The molecule has 5 nitrogen and oxygen atoms in total. The van der Waals surface area contributed by atoms with E-state index in [-0.39, 0.29) is 25.8 Å². The van der Waals surface area contributed by atoms with Crippen molar-refractivity contribution in [2.45, 2.75) is 31.5 Å². The maximum absolute atomic E-state index is 12.7. The van der Waals surface area contributed by atoms with Gasteiger partial charge in [-0.2, -0.15) is 24.9 Å². The predicted molar refractivity (Wildman–Crippen MR) is 73.3 cm³/mol. The summed E-state index contributed by atoms with van der Waals surface area (Å²) in [5, 5.41) is 11.3. The third kappa shape index (κ3) is 5.64. The third-order valence-corrected chi connectivity index (χ3v) is 4.02. The molecule has 2 unspecified atom stereocenters. The second-order valence-electron chi connectivity index (χ2n) is 4.95. The molecule has 122 valence electrons. The molecule has 0 aromatic heterocycles. The number of carboxylic acid groups (broad SMARTS) is 1. The van der Waals surface area contributed by atoms with E-state index in [2.05, 4.69) is 5.32 Å². The number of hydrogen-bond donors (Lipinski definition) is 2. The predicted octanol–water partition coefficient (Wildman–Crippen LogP) is 2.18. The lowest BCUT2D eigenvalue weighted by molar-refractivity contribution is -0.184. The molecule has 0 bridgehead atoms. The van der Waals surface area contributed by atoms with Gasteiger partial charge >= 0.3 is 18.2 Å². The first-order valence-electron chi connectivity index (χ1n) is 6.59. The number of thioether (sulfide) groups is 1. The lowest BCUT2D eigenvalue weighted by Crippen LogP contribution is -2.52. The Balaban J connectivity index is 2.59. The van der Waals surface area contributed by atoms with E-state index in [0.29, 0.717) is 5.75 Å². The Morgan fingerprint density at radius 1 is 1.48 bits per heavy atom. The van der Waals surface area contributed by atoms with Crippen LogP contribution in [0.2, 0.25) is 0 Å². The Morgan fingerprint density at radius 3 is 2.67 bits per heavy atom. The van der Waals surface area contributed by atoms with Crippen molar-refractivity contribution in [3.8, 4) is 0 Å². The van der Waals surface area contributed by atoms with Crippen LogP contribution in [-0.2, 0) is 4.79 Å². The summed E-state index contributed by atoms with van der Waals surface area (Å²) < 4.78 is 38.0. The van der Waals surface area contributed by atoms with Crippen LogP contribution in [0.5, 0.6) is 0 Å². The largest absolute Gasteiger partial charge is 0.480 e. The van der Waals surface area contributed by atoms with E-state index < -0.39 is 36.7 Å². The molecular weight excluding hydrogens is 309 g/mol. The summed E-state index contributed by atoms with van der Waals surface area (Å²) in [5.74, 6) is -2.17. The molecule has 0 aliphatic carbocycles. The van der Waals surface area contributed by atoms with Crippen LogP contribution in [0.3, 0.4) is 0 Å². The van der Waals surface area contributed by atoms with Crippen LogP contribution in [0, 0.1) is 5.92 Å². The van der Waals surface area contributed by atoms with Gasteiger partial charge in [-0.3, -0.25) is 0 Å². The molecule has 1 fully saturated rings. The van der Waals surface area contributed by atoms with Crippen molar-refractivity contribution in [2.24, 2.45) is 5.92 Å². The van der Waals surface area contributed by atoms with Crippen molar-refractivity contribution in [3.05, 3.63) is 0 Å². The number of urea groups is 1. The Hall–Kier alpha value is -1.12. The van der Waals surface area contributed by atoms with E-state index in [4.69, 9.17) is 5.11 Å². The van der Waals surface area contributed by atoms with E-state index in [1.807, 2.05) is 0 Å². The van der Waals surface area contributed by atoms with E-state index in [0.717, 1.165) is 4.90 Å². The van der Waals surface area contributed by atoms with Gasteiger partial charge in [0.2, 0.25) is 0 Å². The van der Waals surface area contributed by atoms with E-state index in [1.54, 1.807) is 6.26 Å². The number of piperidine rings is 1. The van der Waals surface area contributed by atoms with Gasteiger partial charge in [0.15, 0.2) is 0 Å². The van der Waals surface area contributed by atoms with Gasteiger partial charge in [-0.05, 0) is 31.3 Å². The van der Waals surface area contributed by atoms with Gasteiger partial charge in [0, 0.05) is 13.1 Å². The Morgan fingerprint density at radius 2 is 2.14 bits per heavy atom. The molecular formula is C12H19F3N2O3S. The Bertz CT molecular complexity index is 379. The molecule has 1 aliphatic heterocycles.